The fraction of sp³-hybridized carbons (Fsp3) is 0.182. The molecular formula is C22H22N4OS. The van der Waals surface area contributed by atoms with Gasteiger partial charge < -0.3 is 11.1 Å². The first kappa shape index (κ1) is 19.7. The van der Waals surface area contributed by atoms with E-state index in [1.165, 1.54) is 17.5 Å². The van der Waals surface area contributed by atoms with Gasteiger partial charge in [-0.1, -0.05) is 55.1 Å². The van der Waals surface area contributed by atoms with Gasteiger partial charge in [0.1, 0.15) is 0 Å². The molecule has 1 unspecified atom stereocenters. The molecule has 0 saturated heterocycles. The lowest BCUT2D eigenvalue weighted by Gasteiger charge is -2.08. The summed E-state index contributed by atoms with van der Waals surface area (Å²) >= 11 is 1.36. The van der Waals surface area contributed by atoms with E-state index in [1.54, 1.807) is 0 Å². The number of hydrogen-bond acceptors (Lipinski definition) is 5. The molecule has 6 heteroatoms. The highest BCUT2D eigenvalue weighted by atomic mass is 32.2. The number of nitrogens with two attached hydrogens (primary N) is 1. The fourth-order valence-electron chi connectivity index (χ4n) is 2.86. The van der Waals surface area contributed by atoms with Crippen LogP contribution in [0.25, 0.3) is 5.70 Å². The van der Waals surface area contributed by atoms with E-state index in [0.29, 0.717) is 23.6 Å². The maximum atomic E-state index is 12.4. The predicted molar refractivity (Wildman–Crippen MR) is 114 cm³/mol. The summed E-state index contributed by atoms with van der Waals surface area (Å²) in [6.45, 7) is 4.17. The lowest BCUT2D eigenvalue weighted by atomic mass is 10.0. The number of carbonyl (C=O) groups excluding carboxylic acids is 1. The first-order chi connectivity index (χ1) is 13.5. The highest BCUT2D eigenvalue weighted by Gasteiger charge is 2.21. The van der Waals surface area contributed by atoms with Crippen LogP contribution in [0.1, 0.15) is 22.3 Å². The van der Waals surface area contributed by atoms with Gasteiger partial charge in [0, 0.05) is 18.3 Å². The van der Waals surface area contributed by atoms with Crippen LogP contribution in [0.4, 0.5) is 0 Å². The van der Waals surface area contributed by atoms with E-state index in [9.17, 15) is 4.79 Å². The van der Waals surface area contributed by atoms with Crippen molar-refractivity contribution in [1.29, 1.82) is 5.26 Å². The Bertz CT molecular complexity index is 927. The Morgan fingerprint density at radius 2 is 1.79 bits per heavy atom. The lowest BCUT2D eigenvalue weighted by Crippen LogP contribution is -2.23. The summed E-state index contributed by atoms with van der Waals surface area (Å²) < 4.78 is 3.28. The first-order valence-corrected chi connectivity index (χ1v) is 9.77. The van der Waals surface area contributed by atoms with Crippen LogP contribution < -0.4 is 15.8 Å². The standard InChI is InChI=1S/C22H22N4OS/c1-15(24)19-8-6-18(7-9-19)14-25-22(27)21-13-20(26-28-21)12-17-4-2-16(3-5-17)10-11-23/h2-9,13,20,26H,1,10,12,14,24H2,(H,25,27). The average molecular weight is 391 g/mol. The van der Waals surface area contributed by atoms with Crippen LogP contribution in [-0.2, 0) is 24.2 Å². The van der Waals surface area contributed by atoms with Crippen molar-refractivity contribution < 1.29 is 4.79 Å². The number of nitriles is 1. The summed E-state index contributed by atoms with van der Waals surface area (Å²) in [5.41, 5.74) is 10.3. The quantitative estimate of drug-likeness (QED) is 0.632. The molecule has 0 radical (unpaired) electrons. The van der Waals surface area contributed by atoms with Crippen molar-refractivity contribution in [3.8, 4) is 6.07 Å². The molecule has 4 N–H and O–H groups in total. The smallest absolute Gasteiger partial charge is 0.259 e. The van der Waals surface area contributed by atoms with Crippen molar-refractivity contribution in [3.63, 3.8) is 0 Å². The third kappa shape index (κ3) is 5.26. The topological polar surface area (TPSA) is 90.9 Å². The first-order valence-electron chi connectivity index (χ1n) is 8.96. The van der Waals surface area contributed by atoms with Crippen LogP contribution in [0.2, 0.25) is 0 Å². The molecule has 1 atom stereocenters. The van der Waals surface area contributed by atoms with Gasteiger partial charge in [-0.2, -0.15) is 5.26 Å². The zero-order valence-corrected chi connectivity index (χ0v) is 16.3. The highest BCUT2D eigenvalue weighted by Crippen LogP contribution is 2.23. The molecule has 28 heavy (non-hydrogen) atoms. The summed E-state index contributed by atoms with van der Waals surface area (Å²) in [6, 6.07) is 17.9. The third-order valence-electron chi connectivity index (χ3n) is 4.44. The summed E-state index contributed by atoms with van der Waals surface area (Å²) in [5.74, 6) is -0.0864. The summed E-state index contributed by atoms with van der Waals surface area (Å²) in [7, 11) is 0. The third-order valence-corrected chi connectivity index (χ3v) is 5.40. The number of hydrogen-bond donors (Lipinski definition) is 3. The Morgan fingerprint density at radius 3 is 2.43 bits per heavy atom. The van der Waals surface area contributed by atoms with E-state index in [0.717, 1.165) is 23.1 Å². The number of nitrogens with zero attached hydrogens (tertiary/aromatic N) is 1. The Hall–Kier alpha value is -3.01. The molecule has 0 spiro atoms. The van der Waals surface area contributed by atoms with Crippen LogP contribution >= 0.6 is 11.9 Å². The van der Waals surface area contributed by atoms with Crippen LogP contribution in [0.15, 0.2) is 66.1 Å². The maximum absolute atomic E-state index is 12.4. The molecule has 0 saturated carbocycles. The zero-order chi connectivity index (χ0) is 19.9. The van der Waals surface area contributed by atoms with E-state index in [2.05, 4.69) is 22.7 Å². The van der Waals surface area contributed by atoms with E-state index in [-0.39, 0.29) is 11.9 Å². The van der Waals surface area contributed by atoms with Crippen molar-refractivity contribution in [2.75, 3.05) is 0 Å². The Labute approximate surface area is 169 Å². The van der Waals surface area contributed by atoms with E-state index in [4.69, 9.17) is 11.0 Å². The number of rotatable bonds is 7. The molecule has 2 aromatic rings. The van der Waals surface area contributed by atoms with Crippen molar-refractivity contribution >= 4 is 23.6 Å². The molecule has 0 fully saturated rings. The van der Waals surface area contributed by atoms with Crippen molar-refractivity contribution in [2.24, 2.45) is 5.73 Å². The number of nitrogens with one attached hydrogen (secondary N) is 2. The molecular weight excluding hydrogens is 368 g/mol. The minimum Gasteiger partial charge on any atom is -0.399 e. The van der Waals surface area contributed by atoms with Gasteiger partial charge in [-0.05, 0) is 46.7 Å². The van der Waals surface area contributed by atoms with E-state index in [1.807, 2.05) is 54.6 Å². The number of amides is 1. The normalized spacial score (nSPS) is 15.5. The second-order valence-corrected chi connectivity index (χ2v) is 7.50. The molecule has 3 rings (SSSR count). The van der Waals surface area contributed by atoms with Crippen molar-refractivity contribution in [1.82, 2.24) is 10.0 Å². The molecule has 1 amide bonds. The number of carbonyl (C=O) groups is 1. The summed E-state index contributed by atoms with van der Waals surface area (Å²) in [5, 5.41) is 11.7. The van der Waals surface area contributed by atoms with Gasteiger partial charge >= 0.3 is 0 Å². The largest absolute Gasteiger partial charge is 0.399 e. The van der Waals surface area contributed by atoms with E-state index >= 15 is 0 Å². The van der Waals surface area contributed by atoms with Gasteiger partial charge in [-0.15, -0.1) is 0 Å². The average Bonchev–Trinajstić information content (AvgIpc) is 3.17. The van der Waals surface area contributed by atoms with Crippen molar-refractivity contribution in [2.45, 2.75) is 25.4 Å². The summed E-state index contributed by atoms with van der Waals surface area (Å²) in [6.07, 6.45) is 3.18. The van der Waals surface area contributed by atoms with E-state index < -0.39 is 0 Å². The predicted octanol–water partition coefficient (Wildman–Crippen LogP) is 3.04. The maximum Gasteiger partial charge on any atom is 0.259 e. The van der Waals surface area contributed by atoms with Crippen LogP contribution in [-0.4, -0.2) is 11.9 Å². The zero-order valence-electron chi connectivity index (χ0n) is 15.4. The SMILES string of the molecule is C=C(N)c1ccc(CNC(=O)C2=CC(Cc3ccc(CC#N)cc3)NS2)cc1. The number of benzene rings is 2. The Kier molecular flexibility index (Phi) is 6.53. The van der Waals surface area contributed by atoms with Crippen LogP contribution in [0.5, 0.6) is 0 Å². The van der Waals surface area contributed by atoms with Gasteiger partial charge in [0.15, 0.2) is 0 Å². The molecule has 142 valence electrons. The molecule has 2 aromatic carbocycles. The van der Waals surface area contributed by atoms with Gasteiger partial charge in [0.05, 0.1) is 17.4 Å². The van der Waals surface area contributed by atoms with Gasteiger partial charge in [-0.3, -0.25) is 9.52 Å². The summed E-state index contributed by atoms with van der Waals surface area (Å²) in [4.78, 5) is 13.1. The molecule has 1 heterocycles. The molecule has 5 nitrogen and oxygen atoms in total. The molecule has 1 aliphatic rings. The monoisotopic (exact) mass is 390 g/mol. The van der Waals surface area contributed by atoms with Gasteiger partial charge in [0.2, 0.25) is 0 Å². The molecule has 0 aromatic heterocycles. The van der Waals surface area contributed by atoms with Crippen LogP contribution in [0.3, 0.4) is 0 Å². The minimum atomic E-state index is -0.0864. The van der Waals surface area contributed by atoms with Gasteiger partial charge in [-0.25, -0.2) is 0 Å². The minimum absolute atomic E-state index is 0.0864. The lowest BCUT2D eigenvalue weighted by molar-refractivity contribution is -0.116. The highest BCUT2D eigenvalue weighted by molar-refractivity contribution is 8.02. The molecule has 0 bridgehead atoms. The second kappa shape index (κ2) is 9.27. The Morgan fingerprint density at radius 1 is 1.14 bits per heavy atom. The van der Waals surface area contributed by atoms with Crippen molar-refractivity contribution in [3.05, 3.63) is 88.3 Å². The molecule has 0 aliphatic carbocycles. The molecule has 1 aliphatic heterocycles. The fourth-order valence-corrected chi connectivity index (χ4v) is 3.68. The Balaban J connectivity index is 1.52. The van der Waals surface area contributed by atoms with Gasteiger partial charge in [0.25, 0.3) is 5.91 Å². The van der Waals surface area contributed by atoms with Crippen LogP contribution in [0, 0.1) is 11.3 Å². The second-order valence-electron chi connectivity index (χ2n) is 6.62.